The third-order valence-electron chi connectivity index (χ3n) is 4.74. The van der Waals surface area contributed by atoms with E-state index in [1.807, 2.05) is 32.0 Å². The Morgan fingerprint density at radius 3 is 2.88 bits per heavy atom. The third kappa shape index (κ3) is 3.54. The van der Waals surface area contributed by atoms with Gasteiger partial charge in [-0.05, 0) is 43.9 Å². The molecule has 1 heterocycles. The Morgan fingerprint density at radius 1 is 1.36 bits per heavy atom. The number of halogens is 1. The molecule has 0 spiro atoms. The molecule has 0 bridgehead atoms. The van der Waals surface area contributed by atoms with E-state index in [9.17, 15) is 9.59 Å². The van der Waals surface area contributed by atoms with Crippen LogP contribution in [0.2, 0.25) is 5.02 Å². The molecule has 0 fully saturated rings. The SMILES string of the molecule is CCCOC(=O)C1C(C)=NC2=C(C(=O)CCC2)[C@@H]1c1cccc(Cl)c1. The van der Waals surface area contributed by atoms with Gasteiger partial charge in [0.1, 0.15) is 5.92 Å². The number of esters is 1. The van der Waals surface area contributed by atoms with Gasteiger partial charge in [-0.1, -0.05) is 30.7 Å². The van der Waals surface area contributed by atoms with Crippen LogP contribution >= 0.6 is 11.6 Å². The Kier molecular flexibility index (Phi) is 5.38. The van der Waals surface area contributed by atoms with Crippen LogP contribution in [0.25, 0.3) is 0 Å². The van der Waals surface area contributed by atoms with E-state index in [1.165, 1.54) is 0 Å². The fraction of sp³-hybridized carbons (Fsp3) is 0.450. The molecule has 0 aromatic heterocycles. The van der Waals surface area contributed by atoms with Gasteiger partial charge in [0.2, 0.25) is 0 Å². The molecule has 0 N–H and O–H groups in total. The van der Waals surface area contributed by atoms with E-state index in [1.54, 1.807) is 6.07 Å². The molecule has 0 radical (unpaired) electrons. The third-order valence-corrected chi connectivity index (χ3v) is 4.98. The van der Waals surface area contributed by atoms with Crippen LogP contribution in [-0.2, 0) is 14.3 Å². The predicted molar refractivity (Wildman–Crippen MR) is 97.9 cm³/mol. The Hall–Kier alpha value is -1.94. The van der Waals surface area contributed by atoms with Crippen molar-refractivity contribution >= 4 is 29.1 Å². The van der Waals surface area contributed by atoms with Crippen LogP contribution in [0.1, 0.15) is 51.0 Å². The van der Waals surface area contributed by atoms with Gasteiger partial charge in [0.05, 0.1) is 6.61 Å². The molecule has 3 rings (SSSR count). The first-order chi connectivity index (χ1) is 12.0. The fourth-order valence-corrected chi connectivity index (χ4v) is 3.86. The van der Waals surface area contributed by atoms with E-state index in [0.29, 0.717) is 29.3 Å². The van der Waals surface area contributed by atoms with Gasteiger partial charge < -0.3 is 4.74 Å². The second kappa shape index (κ2) is 7.52. The number of hydrogen-bond acceptors (Lipinski definition) is 4. The van der Waals surface area contributed by atoms with Crippen molar-refractivity contribution in [2.45, 2.75) is 45.4 Å². The molecule has 1 aliphatic carbocycles. The van der Waals surface area contributed by atoms with Crippen molar-refractivity contribution in [1.29, 1.82) is 0 Å². The number of carbonyl (C=O) groups is 2. The quantitative estimate of drug-likeness (QED) is 0.745. The van der Waals surface area contributed by atoms with Gasteiger partial charge in [0.15, 0.2) is 5.78 Å². The minimum Gasteiger partial charge on any atom is -0.465 e. The number of allylic oxidation sites excluding steroid dienone is 2. The number of carbonyl (C=O) groups excluding carboxylic acids is 2. The van der Waals surface area contributed by atoms with Crippen molar-refractivity contribution in [2.75, 3.05) is 6.61 Å². The average molecular weight is 360 g/mol. The minimum absolute atomic E-state index is 0.0794. The van der Waals surface area contributed by atoms with Crippen molar-refractivity contribution < 1.29 is 14.3 Å². The van der Waals surface area contributed by atoms with Crippen molar-refractivity contribution in [3.05, 3.63) is 46.1 Å². The lowest BCUT2D eigenvalue weighted by Gasteiger charge is -2.34. The minimum atomic E-state index is -0.578. The molecule has 0 amide bonds. The number of benzene rings is 1. The molecule has 25 heavy (non-hydrogen) atoms. The van der Waals surface area contributed by atoms with Crippen molar-refractivity contribution in [2.24, 2.45) is 10.9 Å². The Balaban J connectivity index is 2.10. The maximum atomic E-state index is 12.7. The number of Topliss-reactive ketones (excluding diaryl/α,β-unsaturated/α-hetero) is 1. The molecule has 1 aromatic carbocycles. The van der Waals surface area contributed by atoms with E-state index in [4.69, 9.17) is 16.3 Å². The molecular weight excluding hydrogens is 338 g/mol. The smallest absolute Gasteiger partial charge is 0.315 e. The monoisotopic (exact) mass is 359 g/mol. The molecular formula is C20H22ClNO3. The first-order valence-corrected chi connectivity index (χ1v) is 9.14. The molecule has 132 valence electrons. The summed E-state index contributed by atoms with van der Waals surface area (Å²) in [5.41, 5.74) is 3.05. The summed E-state index contributed by atoms with van der Waals surface area (Å²) in [4.78, 5) is 30.0. The van der Waals surface area contributed by atoms with E-state index >= 15 is 0 Å². The topological polar surface area (TPSA) is 55.7 Å². The zero-order chi connectivity index (χ0) is 18.0. The van der Waals surface area contributed by atoms with Gasteiger partial charge >= 0.3 is 5.97 Å². The summed E-state index contributed by atoms with van der Waals surface area (Å²) in [6.07, 6.45) is 2.83. The number of nitrogens with zero attached hydrogens (tertiary/aromatic N) is 1. The van der Waals surface area contributed by atoms with Gasteiger partial charge in [0, 0.05) is 34.3 Å². The van der Waals surface area contributed by atoms with E-state index < -0.39 is 5.92 Å². The van der Waals surface area contributed by atoms with Crippen LogP contribution < -0.4 is 0 Å². The second-order valence-electron chi connectivity index (χ2n) is 6.57. The van der Waals surface area contributed by atoms with E-state index in [2.05, 4.69) is 4.99 Å². The first-order valence-electron chi connectivity index (χ1n) is 8.76. The highest BCUT2D eigenvalue weighted by Gasteiger charge is 2.43. The Morgan fingerprint density at radius 2 is 2.16 bits per heavy atom. The van der Waals surface area contributed by atoms with Crippen LogP contribution in [0, 0.1) is 5.92 Å². The zero-order valence-corrected chi connectivity index (χ0v) is 15.3. The molecule has 1 unspecified atom stereocenters. The number of rotatable bonds is 4. The van der Waals surface area contributed by atoms with Gasteiger partial charge in [-0.25, -0.2) is 0 Å². The summed E-state index contributed by atoms with van der Waals surface area (Å²) in [6.45, 7) is 4.16. The van der Waals surface area contributed by atoms with Crippen molar-refractivity contribution in [3.8, 4) is 0 Å². The van der Waals surface area contributed by atoms with Crippen LogP contribution in [0.5, 0.6) is 0 Å². The largest absolute Gasteiger partial charge is 0.465 e. The summed E-state index contributed by atoms with van der Waals surface area (Å²) < 4.78 is 5.41. The fourth-order valence-electron chi connectivity index (χ4n) is 3.66. The molecule has 2 atom stereocenters. The predicted octanol–water partition coefficient (Wildman–Crippen LogP) is 4.47. The highest BCUT2D eigenvalue weighted by Crippen LogP contribution is 2.43. The lowest BCUT2D eigenvalue weighted by atomic mass is 9.72. The molecule has 5 heteroatoms. The van der Waals surface area contributed by atoms with Gasteiger partial charge in [-0.3, -0.25) is 14.6 Å². The first kappa shape index (κ1) is 17.9. The molecule has 0 saturated carbocycles. The average Bonchev–Trinajstić information content (AvgIpc) is 2.58. The normalized spacial score (nSPS) is 23.2. The highest BCUT2D eigenvalue weighted by molar-refractivity contribution is 6.30. The summed E-state index contributed by atoms with van der Waals surface area (Å²) in [5.74, 6) is -1.19. The lowest BCUT2D eigenvalue weighted by molar-refractivity contribution is -0.146. The van der Waals surface area contributed by atoms with Gasteiger partial charge in [-0.2, -0.15) is 0 Å². The Labute approximate surface area is 152 Å². The van der Waals surface area contributed by atoms with Crippen LogP contribution in [-0.4, -0.2) is 24.1 Å². The molecule has 2 aliphatic rings. The molecule has 4 nitrogen and oxygen atoms in total. The summed E-state index contributed by atoms with van der Waals surface area (Å²) >= 11 is 6.18. The standard InChI is InChI=1S/C20H22ClNO3/c1-3-10-25-20(24)17-12(2)22-15-8-5-9-16(23)19(15)18(17)13-6-4-7-14(21)11-13/h4,6-7,11,17-18H,3,5,8-10H2,1-2H3/t17?,18-/m1/s1. The summed E-state index contributed by atoms with van der Waals surface area (Å²) in [7, 11) is 0. The van der Waals surface area contributed by atoms with Crippen molar-refractivity contribution in [1.82, 2.24) is 0 Å². The highest BCUT2D eigenvalue weighted by atomic mass is 35.5. The maximum absolute atomic E-state index is 12.7. The number of ketones is 1. The maximum Gasteiger partial charge on any atom is 0.315 e. The Bertz CT molecular complexity index is 766. The van der Waals surface area contributed by atoms with Crippen molar-refractivity contribution in [3.63, 3.8) is 0 Å². The van der Waals surface area contributed by atoms with Crippen LogP contribution in [0.4, 0.5) is 0 Å². The number of aliphatic imine (C=N–C) groups is 1. The number of ether oxygens (including phenoxy) is 1. The van der Waals surface area contributed by atoms with E-state index in [0.717, 1.165) is 30.5 Å². The summed E-state index contributed by atoms with van der Waals surface area (Å²) in [5, 5.41) is 0.587. The van der Waals surface area contributed by atoms with Crippen LogP contribution in [0.3, 0.4) is 0 Å². The van der Waals surface area contributed by atoms with Gasteiger partial charge in [0.25, 0.3) is 0 Å². The zero-order valence-electron chi connectivity index (χ0n) is 14.5. The molecule has 1 aromatic rings. The second-order valence-corrected chi connectivity index (χ2v) is 7.00. The number of hydrogen-bond donors (Lipinski definition) is 0. The summed E-state index contributed by atoms with van der Waals surface area (Å²) in [6, 6.07) is 7.39. The molecule has 0 saturated heterocycles. The lowest BCUT2D eigenvalue weighted by Crippen LogP contribution is -2.37. The molecule has 1 aliphatic heterocycles. The van der Waals surface area contributed by atoms with Gasteiger partial charge in [-0.15, -0.1) is 0 Å². The van der Waals surface area contributed by atoms with Crippen LogP contribution in [0.15, 0.2) is 40.5 Å². The van der Waals surface area contributed by atoms with E-state index in [-0.39, 0.29) is 17.7 Å².